The summed E-state index contributed by atoms with van der Waals surface area (Å²) < 4.78 is 1.22. The van der Waals surface area contributed by atoms with Crippen LogP contribution in [-0.2, 0) is 0 Å². The fourth-order valence-corrected chi connectivity index (χ4v) is 3.56. The summed E-state index contributed by atoms with van der Waals surface area (Å²) in [5.41, 5.74) is 1.39. The molecule has 3 heteroatoms. The van der Waals surface area contributed by atoms with E-state index in [1.54, 1.807) is 0 Å². The first-order valence-electron chi connectivity index (χ1n) is 8.33. The molecule has 1 N–H and O–H groups in total. The van der Waals surface area contributed by atoms with Gasteiger partial charge in [-0.3, -0.25) is 0 Å². The van der Waals surface area contributed by atoms with E-state index in [0.29, 0.717) is 6.04 Å². The number of rotatable bonds is 9. The summed E-state index contributed by atoms with van der Waals surface area (Å²) in [5, 5.41) is 3.65. The summed E-state index contributed by atoms with van der Waals surface area (Å²) >= 11 is 3.70. The molecular formula is C18H29BrN2. The lowest BCUT2D eigenvalue weighted by Gasteiger charge is -2.27. The van der Waals surface area contributed by atoms with E-state index in [9.17, 15) is 0 Å². The second-order valence-corrected chi connectivity index (χ2v) is 7.39. The lowest BCUT2D eigenvalue weighted by Crippen LogP contribution is -2.33. The molecule has 0 aliphatic heterocycles. The van der Waals surface area contributed by atoms with Crippen molar-refractivity contribution in [2.24, 2.45) is 5.92 Å². The molecule has 1 aromatic carbocycles. The molecular weight excluding hydrogens is 324 g/mol. The minimum absolute atomic E-state index is 0.444. The molecule has 1 fully saturated rings. The highest BCUT2D eigenvalue weighted by atomic mass is 79.9. The van der Waals surface area contributed by atoms with Gasteiger partial charge in [0.1, 0.15) is 0 Å². The van der Waals surface area contributed by atoms with E-state index in [4.69, 9.17) is 0 Å². The molecule has 0 saturated heterocycles. The second-order valence-electron chi connectivity index (χ2n) is 6.54. The van der Waals surface area contributed by atoms with E-state index in [0.717, 1.165) is 18.5 Å². The largest absolute Gasteiger partial charge is 0.310 e. The minimum Gasteiger partial charge on any atom is -0.310 e. The topological polar surface area (TPSA) is 15.3 Å². The van der Waals surface area contributed by atoms with Gasteiger partial charge in [-0.1, -0.05) is 54.9 Å². The van der Waals surface area contributed by atoms with Crippen LogP contribution in [0, 0.1) is 5.92 Å². The Balaban J connectivity index is 1.97. The monoisotopic (exact) mass is 352 g/mol. The molecule has 118 valence electrons. The quantitative estimate of drug-likeness (QED) is 0.697. The average molecular weight is 353 g/mol. The summed E-state index contributed by atoms with van der Waals surface area (Å²) in [6.45, 7) is 10.3. The Bertz CT molecular complexity index is 429. The lowest BCUT2D eigenvalue weighted by atomic mass is 10.0. The Morgan fingerprint density at radius 3 is 2.57 bits per heavy atom. The van der Waals surface area contributed by atoms with Gasteiger partial charge in [0.2, 0.25) is 0 Å². The van der Waals surface area contributed by atoms with Gasteiger partial charge in [-0.15, -0.1) is 0 Å². The van der Waals surface area contributed by atoms with Crippen LogP contribution in [0.5, 0.6) is 0 Å². The summed E-state index contributed by atoms with van der Waals surface area (Å²) in [4.78, 5) is 2.70. The molecule has 0 radical (unpaired) electrons. The predicted molar refractivity (Wildman–Crippen MR) is 94.6 cm³/mol. The SMILES string of the molecule is CCNC(CCN(CC(C)C)C1CC1)c1ccccc1Br. The van der Waals surface area contributed by atoms with Crippen LogP contribution >= 0.6 is 15.9 Å². The van der Waals surface area contributed by atoms with Gasteiger partial charge in [-0.05, 0) is 43.4 Å². The van der Waals surface area contributed by atoms with Crippen LogP contribution in [0.1, 0.15) is 51.6 Å². The van der Waals surface area contributed by atoms with Crippen LogP contribution in [0.2, 0.25) is 0 Å². The Morgan fingerprint density at radius 1 is 1.29 bits per heavy atom. The summed E-state index contributed by atoms with van der Waals surface area (Å²) in [7, 11) is 0. The standard InChI is InChI=1S/C18H29BrN2/c1-4-20-18(16-7-5-6-8-17(16)19)11-12-21(13-14(2)3)15-9-10-15/h5-8,14-15,18,20H,4,9-13H2,1-3H3. The fraction of sp³-hybridized carbons (Fsp3) is 0.667. The number of hydrogen-bond acceptors (Lipinski definition) is 2. The highest BCUT2D eigenvalue weighted by Gasteiger charge is 2.29. The summed E-state index contributed by atoms with van der Waals surface area (Å²) in [6, 6.07) is 9.91. The zero-order chi connectivity index (χ0) is 15.2. The molecule has 2 nitrogen and oxygen atoms in total. The highest BCUT2D eigenvalue weighted by molar-refractivity contribution is 9.10. The molecule has 2 rings (SSSR count). The van der Waals surface area contributed by atoms with E-state index in [2.05, 4.69) is 71.2 Å². The number of hydrogen-bond donors (Lipinski definition) is 1. The van der Waals surface area contributed by atoms with Crippen molar-refractivity contribution in [3.63, 3.8) is 0 Å². The molecule has 0 heterocycles. The van der Waals surface area contributed by atoms with Gasteiger partial charge in [0.15, 0.2) is 0 Å². The van der Waals surface area contributed by atoms with Gasteiger partial charge in [-0.2, -0.15) is 0 Å². The molecule has 1 saturated carbocycles. The van der Waals surface area contributed by atoms with Crippen molar-refractivity contribution in [2.45, 2.75) is 52.1 Å². The van der Waals surface area contributed by atoms with Crippen LogP contribution in [-0.4, -0.2) is 30.6 Å². The maximum absolute atomic E-state index is 3.70. The van der Waals surface area contributed by atoms with E-state index in [1.165, 1.54) is 42.4 Å². The number of halogens is 1. The van der Waals surface area contributed by atoms with Crippen molar-refractivity contribution >= 4 is 15.9 Å². The van der Waals surface area contributed by atoms with E-state index >= 15 is 0 Å². The molecule has 1 aliphatic rings. The van der Waals surface area contributed by atoms with Crippen LogP contribution in [0.25, 0.3) is 0 Å². The third-order valence-electron chi connectivity index (χ3n) is 4.10. The Kier molecular flexibility index (Phi) is 6.72. The fourth-order valence-electron chi connectivity index (χ4n) is 3.00. The van der Waals surface area contributed by atoms with Crippen LogP contribution in [0.4, 0.5) is 0 Å². The van der Waals surface area contributed by atoms with Crippen molar-refractivity contribution in [1.29, 1.82) is 0 Å². The number of benzene rings is 1. The zero-order valence-electron chi connectivity index (χ0n) is 13.6. The number of nitrogens with zero attached hydrogens (tertiary/aromatic N) is 1. The first-order chi connectivity index (χ1) is 10.1. The van der Waals surface area contributed by atoms with Crippen molar-refractivity contribution in [2.75, 3.05) is 19.6 Å². The second kappa shape index (κ2) is 8.30. The summed E-state index contributed by atoms with van der Waals surface area (Å²) in [6.07, 6.45) is 3.97. The third kappa shape index (κ3) is 5.39. The van der Waals surface area contributed by atoms with Crippen molar-refractivity contribution in [3.8, 4) is 0 Å². The molecule has 0 bridgehead atoms. The maximum Gasteiger partial charge on any atom is 0.0343 e. The number of nitrogens with one attached hydrogen (secondary N) is 1. The van der Waals surface area contributed by atoms with Gasteiger partial charge >= 0.3 is 0 Å². The molecule has 21 heavy (non-hydrogen) atoms. The lowest BCUT2D eigenvalue weighted by molar-refractivity contribution is 0.221. The van der Waals surface area contributed by atoms with Gasteiger partial charge in [-0.25, -0.2) is 0 Å². The van der Waals surface area contributed by atoms with Crippen LogP contribution in [0.3, 0.4) is 0 Å². The summed E-state index contributed by atoms with van der Waals surface area (Å²) in [5.74, 6) is 0.756. The minimum atomic E-state index is 0.444. The average Bonchev–Trinajstić information content (AvgIpc) is 3.27. The molecule has 0 amide bonds. The highest BCUT2D eigenvalue weighted by Crippen LogP contribution is 2.30. The van der Waals surface area contributed by atoms with Gasteiger partial charge in [0.05, 0.1) is 0 Å². The molecule has 1 unspecified atom stereocenters. The molecule has 1 aromatic rings. The van der Waals surface area contributed by atoms with Crippen molar-refractivity contribution < 1.29 is 0 Å². The first kappa shape index (κ1) is 17.0. The van der Waals surface area contributed by atoms with E-state index < -0.39 is 0 Å². The van der Waals surface area contributed by atoms with Crippen molar-refractivity contribution in [3.05, 3.63) is 34.3 Å². The van der Waals surface area contributed by atoms with E-state index in [1.807, 2.05) is 0 Å². The Morgan fingerprint density at radius 2 is 2.00 bits per heavy atom. The normalized spacial score (nSPS) is 16.7. The zero-order valence-corrected chi connectivity index (χ0v) is 15.2. The van der Waals surface area contributed by atoms with Crippen LogP contribution < -0.4 is 5.32 Å². The molecule has 1 aliphatic carbocycles. The molecule has 0 spiro atoms. The smallest absolute Gasteiger partial charge is 0.0343 e. The third-order valence-corrected chi connectivity index (χ3v) is 4.82. The Labute approximate surface area is 138 Å². The molecule has 1 atom stereocenters. The predicted octanol–water partition coefficient (Wildman–Crippen LogP) is 4.61. The van der Waals surface area contributed by atoms with Gasteiger partial charge < -0.3 is 10.2 Å². The van der Waals surface area contributed by atoms with Gasteiger partial charge in [0.25, 0.3) is 0 Å². The maximum atomic E-state index is 3.70. The molecule has 0 aromatic heterocycles. The Hall–Kier alpha value is -0.380. The van der Waals surface area contributed by atoms with Crippen molar-refractivity contribution in [1.82, 2.24) is 10.2 Å². The van der Waals surface area contributed by atoms with Crippen LogP contribution in [0.15, 0.2) is 28.7 Å². The first-order valence-corrected chi connectivity index (χ1v) is 9.13. The van der Waals surface area contributed by atoms with E-state index in [-0.39, 0.29) is 0 Å². The van der Waals surface area contributed by atoms with Gasteiger partial charge in [0, 0.05) is 29.6 Å².